The van der Waals surface area contributed by atoms with E-state index in [-0.39, 0.29) is 0 Å². The molecule has 1 unspecified atom stereocenters. The maximum atomic E-state index is 9.96. The van der Waals surface area contributed by atoms with Crippen LogP contribution >= 0.6 is 11.6 Å². The fourth-order valence-corrected chi connectivity index (χ4v) is 2.06. The van der Waals surface area contributed by atoms with Crippen molar-refractivity contribution in [3.8, 4) is 5.75 Å². The summed E-state index contributed by atoms with van der Waals surface area (Å²) < 4.78 is 0. The number of phenols is 1. The van der Waals surface area contributed by atoms with E-state index in [1.54, 1.807) is 0 Å². The van der Waals surface area contributed by atoms with Gasteiger partial charge in [0.1, 0.15) is 5.75 Å². The number of unbranched alkanes of at least 4 members (excludes halogenated alkanes) is 1. The average molecular weight is 241 g/mol. The van der Waals surface area contributed by atoms with Gasteiger partial charge in [0.2, 0.25) is 0 Å². The Morgan fingerprint density at radius 3 is 2.56 bits per heavy atom. The Labute approximate surface area is 103 Å². The van der Waals surface area contributed by atoms with E-state index < -0.39 is 0 Å². The van der Waals surface area contributed by atoms with Crippen LogP contribution in [0.3, 0.4) is 0 Å². The molecule has 0 aliphatic carbocycles. The highest BCUT2D eigenvalue weighted by Gasteiger charge is 2.12. The van der Waals surface area contributed by atoms with Crippen molar-refractivity contribution in [2.75, 3.05) is 0 Å². The highest BCUT2D eigenvalue weighted by molar-refractivity contribution is 6.31. The molecular formula is C14H21ClO. The first-order chi connectivity index (χ1) is 7.60. The molecule has 1 nitrogen and oxygen atoms in total. The Bertz CT molecular complexity index is 347. The molecule has 1 N–H and O–H groups in total. The van der Waals surface area contributed by atoms with Crippen molar-refractivity contribution in [3.63, 3.8) is 0 Å². The van der Waals surface area contributed by atoms with Crippen LogP contribution in [0.4, 0.5) is 0 Å². The van der Waals surface area contributed by atoms with Crippen LogP contribution in [0.25, 0.3) is 0 Å². The van der Waals surface area contributed by atoms with Gasteiger partial charge >= 0.3 is 0 Å². The minimum Gasteiger partial charge on any atom is -0.508 e. The normalized spacial score (nSPS) is 12.8. The van der Waals surface area contributed by atoms with Crippen molar-refractivity contribution in [1.29, 1.82) is 0 Å². The summed E-state index contributed by atoms with van der Waals surface area (Å²) in [4.78, 5) is 0. The third-order valence-corrected chi connectivity index (χ3v) is 3.49. The maximum absolute atomic E-state index is 9.96. The second-order valence-corrected chi connectivity index (χ2v) is 4.82. The van der Waals surface area contributed by atoms with Crippen molar-refractivity contribution in [2.45, 2.75) is 52.4 Å². The maximum Gasteiger partial charge on any atom is 0.119 e. The van der Waals surface area contributed by atoms with E-state index in [1.807, 2.05) is 12.1 Å². The largest absolute Gasteiger partial charge is 0.508 e. The van der Waals surface area contributed by atoms with Crippen LogP contribution < -0.4 is 0 Å². The lowest BCUT2D eigenvalue weighted by atomic mass is 9.95. The van der Waals surface area contributed by atoms with Crippen molar-refractivity contribution in [3.05, 3.63) is 28.3 Å². The first kappa shape index (κ1) is 13.4. The monoisotopic (exact) mass is 240 g/mol. The second-order valence-electron chi connectivity index (χ2n) is 4.42. The molecule has 0 aliphatic rings. The molecule has 1 aromatic carbocycles. The molecule has 0 heterocycles. The van der Waals surface area contributed by atoms with Crippen molar-refractivity contribution >= 4 is 11.6 Å². The fraction of sp³-hybridized carbons (Fsp3) is 0.571. The van der Waals surface area contributed by atoms with Crippen molar-refractivity contribution in [1.82, 2.24) is 0 Å². The lowest BCUT2D eigenvalue weighted by molar-refractivity contribution is 0.461. The van der Waals surface area contributed by atoms with Crippen LogP contribution in [0.1, 0.15) is 57.1 Å². The molecule has 0 amide bonds. The molecule has 0 aromatic heterocycles. The van der Waals surface area contributed by atoms with Crippen LogP contribution in [0.2, 0.25) is 5.02 Å². The predicted octanol–water partition coefficient (Wildman–Crippen LogP) is 4.90. The zero-order valence-electron chi connectivity index (χ0n) is 10.4. The van der Waals surface area contributed by atoms with E-state index in [9.17, 15) is 5.11 Å². The molecule has 0 fully saturated rings. The van der Waals surface area contributed by atoms with E-state index in [4.69, 9.17) is 11.6 Å². The summed E-state index contributed by atoms with van der Waals surface area (Å²) in [7, 11) is 0. The number of halogens is 1. The number of phenolic OH excluding ortho intramolecular Hbond substituents is 1. The minimum absolute atomic E-state index is 0.359. The number of rotatable bonds is 5. The highest BCUT2D eigenvalue weighted by atomic mass is 35.5. The zero-order chi connectivity index (χ0) is 12.1. The number of hydrogen-bond acceptors (Lipinski definition) is 1. The first-order valence-corrected chi connectivity index (χ1v) is 6.49. The topological polar surface area (TPSA) is 20.2 Å². The SMILES string of the molecule is CCCCc1cc(O)c(C(C)CC)cc1Cl. The lowest BCUT2D eigenvalue weighted by Gasteiger charge is -2.14. The van der Waals surface area contributed by atoms with Gasteiger partial charge in [-0.25, -0.2) is 0 Å². The van der Waals surface area contributed by atoms with Gasteiger partial charge in [-0.15, -0.1) is 0 Å². The summed E-state index contributed by atoms with van der Waals surface area (Å²) in [5, 5.41) is 10.8. The molecule has 0 spiro atoms. The van der Waals surface area contributed by atoms with Crippen LogP contribution in [-0.2, 0) is 6.42 Å². The molecule has 0 aliphatic heterocycles. The third kappa shape index (κ3) is 3.15. The first-order valence-electron chi connectivity index (χ1n) is 6.11. The Hall–Kier alpha value is -0.690. The highest BCUT2D eigenvalue weighted by Crippen LogP contribution is 2.33. The summed E-state index contributed by atoms with van der Waals surface area (Å²) in [5.41, 5.74) is 2.03. The van der Waals surface area contributed by atoms with Gasteiger partial charge in [-0.3, -0.25) is 0 Å². The number of aromatic hydroxyl groups is 1. The van der Waals surface area contributed by atoms with E-state index in [0.29, 0.717) is 11.7 Å². The molecular weight excluding hydrogens is 220 g/mol. The molecule has 1 atom stereocenters. The van der Waals surface area contributed by atoms with Gasteiger partial charge in [-0.2, -0.15) is 0 Å². The Kier molecular flexibility index (Phi) is 5.14. The average Bonchev–Trinajstić information content (AvgIpc) is 2.28. The number of aryl methyl sites for hydroxylation is 1. The van der Waals surface area contributed by atoms with Crippen LogP contribution in [0.15, 0.2) is 12.1 Å². The Balaban J connectivity index is 2.97. The van der Waals surface area contributed by atoms with Gasteiger partial charge in [0.15, 0.2) is 0 Å². The van der Waals surface area contributed by atoms with Gasteiger partial charge in [-0.05, 0) is 48.4 Å². The predicted molar refractivity (Wildman–Crippen MR) is 70.4 cm³/mol. The quantitative estimate of drug-likeness (QED) is 0.776. The van der Waals surface area contributed by atoms with Gasteiger partial charge in [0.05, 0.1) is 0 Å². The van der Waals surface area contributed by atoms with E-state index >= 15 is 0 Å². The van der Waals surface area contributed by atoms with E-state index in [0.717, 1.165) is 41.8 Å². The second kappa shape index (κ2) is 6.15. The van der Waals surface area contributed by atoms with Gasteiger partial charge in [0.25, 0.3) is 0 Å². The third-order valence-electron chi connectivity index (χ3n) is 3.14. The summed E-state index contributed by atoms with van der Waals surface area (Å²) >= 11 is 6.23. The molecule has 90 valence electrons. The summed E-state index contributed by atoms with van der Waals surface area (Å²) in [6.07, 6.45) is 4.22. The number of benzene rings is 1. The summed E-state index contributed by atoms with van der Waals surface area (Å²) in [6.45, 7) is 6.38. The van der Waals surface area contributed by atoms with E-state index in [2.05, 4.69) is 20.8 Å². The molecule has 16 heavy (non-hydrogen) atoms. The molecule has 2 heteroatoms. The minimum atomic E-state index is 0.359. The van der Waals surface area contributed by atoms with Crippen molar-refractivity contribution < 1.29 is 5.11 Å². The fourth-order valence-electron chi connectivity index (χ4n) is 1.79. The Morgan fingerprint density at radius 2 is 2.00 bits per heavy atom. The number of hydrogen-bond donors (Lipinski definition) is 1. The molecule has 0 radical (unpaired) electrons. The zero-order valence-corrected chi connectivity index (χ0v) is 11.1. The van der Waals surface area contributed by atoms with Gasteiger partial charge < -0.3 is 5.11 Å². The summed E-state index contributed by atoms with van der Waals surface area (Å²) in [6, 6.07) is 3.76. The van der Waals surface area contributed by atoms with Gasteiger partial charge in [-0.1, -0.05) is 38.8 Å². The van der Waals surface area contributed by atoms with Crippen molar-refractivity contribution in [2.24, 2.45) is 0 Å². The standard InChI is InChI=1S/C14H21ClO/c1-4-6-7-11-8-14(16)12(9-13(11)15)10(3)5-2/h8-10,16H,4-7H2,1-3H3. The molecule has 1 rings (SSSR count). The van der Waals surface area contributed by atoms with Crippen LogP contribution in [0, 0.1) is 0 Å². The molecule has 0 saturated heterocycles. The molecule has 0 bridgehead atoms. The lowest BCUT2D eigenvalue weighted by Crippen LogP contribution is -1.95. The van der Waals surface area contributed by atoms with Gasteiger partial charge in [0, 0.05) is 5.02 Å². The molecule has 0 saturated carbocycles. The van der Waals surface area contributed by atoms with E-state index in [1.165, 1.54) is 0 Å². The van der Waals surface area contributed by atoms with Crippen LogP contribution in [-0.4, -0.2) is 5.11 Å². The smallest absolute Gasteiger partial charge is 0.119 e. The summed E-state index contributed by atoms with van der Waals surface area (Å²) in [5.74, 6) is 0.752. The molecule has 1 aromatic rings. The Morgan fingerprint density at radius 1 is 1.31 bits per heavy atom. The van der Waals surface area contributed by atoms with Crippen LogP contribution in [0.5, 0.6) is 5.75 Å².